The van der Waals surface area contributed by atoms with Crippen molar-refractivity contribution in [3.8, 4) is 5.75 Å². The Labute approximate surface area is 155 Å². The Hall–Kier alpha value is -2.30. The molecule has 0 saturated heterocycles. The molecule has 1 aromatic heterocycles. The van der Waals surface area contributed by atoms with Gasteiger partial charge in [0.1, 0.15) is 5.75 Å². The van der Waals surface area contributed by atoms with Crippen LogP contribution in [0.1, 0.15) is 0 Å². The van der Waals surface area contributed by atoms with Gasteiger partial charge in [0.15, 0.2) is 0 Å². The Morgan fingerprint density at radius 1 is 0.720 bits per heavy atom. The van der Waals surface area contributed by atoms with Gasteiger partial charge in [0.2, 0.25) is 0 Å². The molecule has 0 fully saturated rings. The maximum atomic E-state index is 5.25. The van der Waals surface area contributed by atoms with E-state index >= 15 is 0 Å². The van der Waals surface area contributed by atoms with Crippen LogP contribution in [0.15, 0.2) is 98.6 Å². The van der Waals surface area contributed by atoms with Gasteiger partial charge >= 0.3 is 0 Å². The average Bonchev–Trinajstić information content (AvgIpc) is 3.00. The molecule has 0 unspecified atom stereocenters. The second kappa shape index (κ2) is 7.30. The summed E-state index contributed by atoms with van der Waals surface area (Å²) in [5.74, 6) is 0.875. The van der Waals surface area contributed by atoms with Crippen LogP contribution in [-0.2, 0) is 0 Å². The standard InChI is InChI=1S/C21H17NOS2/c1-23-15-11-13-17(14-12-15)25-21-20(24-16-7-3-2-4-8-16)18-9-5-6-10-19(18)22-21/h2-14,22H,1H3. The quantitative estimate of drug-likeness (QED) is 0.439. The number of H-pyrrole nitrogens is 1. The van der Waals surface area contributed by atoms with Crippen molar-refractivity contribution in [1.82, 2.24) is 4.98 Å². The first kappa shape index (κ1) is 16.2. The van der Waals surface area contributed by atoms with E-state index in [0.29, 0.717) is 0 Å². The second-order valence-corrected chi connectivity index (χ2v) is 7.69. The first-order valence-electron chi connectivity index (χ1n) is 7.99. The van der Waals surface area contributed by atoms with Crippen LogP contribution in [0.3, 0.4) is 0 Å². The number of aromatic amines is 1. The highest BCUT2D eigenvalue weighted by Gasteiger charge is 2.14. The van der Waals surface area contributed by atoms with Crippen LogP contribution in [0.25, 0.3) is 10.9 Å². The number of hydrogen-bond acceptors (Lipinski definition) is 3. The molecule has 4 heteroatoms. The summed E-state index contributed by atoms with van der Waals surface area (Å²) >= 11 is 3.55. The molecule has 124 valence electrons. The first-order valence-corrected chi connectivity index (χ1v) is 9.62. The Morgan fingerprint density at radius 3 is 2.16 bits per heavy atom. The number of para-hydroxylation sites is 1. The summed E-state index contributed by atoms with van der Waals surface area (Å²) in [6.45, 7) is 0. The maximum Gasteiger partial charge on any atom is 0.118 e. The van der Waals surface area contributed by atoms with Crippen molar-refractivity contribution in [2.75, 3.05) is 7.11 Å². The van der Waals surface area contributed by atoms with Gasteiger partial charge in [-0.25, -0.2) is 0 Å². The molecule has 0 saturated carbocycles. The van der Waals surface area contributed by atoms with E-state index in [1.807, 2.05) is 18.2 Å². The van der Waals surface area contributed by atoms with E-state index in [9.17, 15) is 0 Å². The van der Waals surface area contributed by atoms with Crippen molar-refractivity contribution >= 4 is 34.4 Å². The fourth-order valence-corrected chi connectivity index (χ4v) is 4.71. The van der Waals surface area contributed by atoms with E-state index in [-0.39, 0.29) is 0 Å². The van der Waals surface area contributed by atoms with Crippen molar-refractivity contribution in [1.29, 1.82) is 0 Å². The molecule has 0 atom stereocenters. The highest BCUT2D eigenvalue weighted by atomic mass is 32.2. The van der Waals surface area contributed by atoms with Crippen LogP contribution in [0.2, 0.25) is 0 Å². The number of benzene rings is 3. The van der Waals surface area contributed by atoms with Crippen LogP contribution in [0.4, 0.5) is 0 Å². The van der Waals surface area contributed by atoms with Crippen molar-refractivity contribution in [2.24, 2.45) is 0 Å². The Kier molecular flexibility index (Phi) is 4.72. The van der Waals surface area contributed by atoms with Gasteiger partial charge in [0.25, 0.3) is 0 Å². The summed E-state index contributed by atoms with van der Waals surface area (Å²) in [5.41, 5.74) is 1.16. The number of hydrogen-bond donors (Lipinski definition) is 1. The Morgan fingerprint density at radius 2 is 1.40 bits per heavy atom. The summed E-state index contributed by atoms with van der Waals surface area (Å²) in [5, 5.41) is 2.42. The minimum absolute atomic E-state index is 0.875. The van der Waals surface area contributed by atoms with Crippen molar-refractivity contribution in [3.63, 3.8) is 0 Å². The fourth-order valence-electron chi connectivity index (χ4n) is 2.63. The predicted octanol–water partition coefficient (Wildman–Crippen LogP) is 6.48. The van der Waals surface area contributed by atoms with E-state index in [1.165, 1.54) is 25.1 Å². The highest BCUT2D eigenvalue weighted by Crippen LogP contribution is 2.43. The van der Waals surface area contributed by atoms with Gasteiger partial charge in [-0.2, -0.15) is 0 Å². The van der Waals surface area contributed by atoms with Crippen molar-refractivity contribution in [3.05, 3.63) is 78.9 Å². The molecule has 3 aromatic carbocycles. The third kappa shape index (κ3) is 3.55. The van der Waals surface area contributed by atoms with E-state index in [4.69, 9.17) is 4.74 Å². The molecule has 0 radical (unpaired) electrons. The average molecular weight is 364 g/mol. The number of fused-ring (bicyclic) bond motifs is 1. The lowest BCUT2D eigenvalue weighted by molar-refractivity contribution is 0.414. The van der Waals surface area contributed by atoms with E-state index in [1.54, 1.807) is 30.6 Å². The van der Waals surface area contributed by atoms with Gasteiger partial charge in [0, 0.05) is 20.7 Å². The molecule has 0 amide bonds. The van der Waals surface area contributed by atoms with Crippen LogP contribution in [-0.4, -0.2) is 12.1 Å². The van der Waals surface area contributed by atoms with Crippen LogP contribution in [0, 0.1) is 0 Å². The van der Waals surface area contributed by atoms with Gasteiger partial charge < -0.3 is 9.72 Å². The molecule has 0 aliphatic heterocycles. The summed E-state index contributed by atoms with van der Waals surface area (Å²) < 4.78 is 5.25. The Balaban J connectivity index is 1.72. The first-order chi connectivity index (χ1) is 12.3. The highest BCUT2D eigenvalue weighted by molar-refractivity contribution is 8.02. The van der Waals surface area contributed by atoms with Gasteiger partial charge in [-0.3, -0.25) is 0 Å². The number of nitrogens with one attached hydrogen (secondary N) is 1. The lowest BCUT2D eigenvalue weighted by Crippen LogP contribution is -1.82. The van der Waals surface area contributed by atoms with E-state index < -0.39 is 0 Å². The zero-order valence-corrected chi connectivity index (χ0v) is 15.4. The summed E-state index contributed by atoms with van der Waals surface area (Å²) in [6, 6.07) is 27.1. The van der Waals surface area contributed by atoms with Crippen molar-refractivity contribution in [2.45, 2.75) is 19.7 Å². The lowest BCUT2D eigenvalue weighted by Gasteiger charge is -2.06. The number of methoxy groups -OCH3 is 1. The minimum atomic E-state index is 0.875. The molecule has 0 bridgehead atoms. The molecule has 1 heterocycles. The second-order valence-electron chi connectivity index (χ2n) is 5.52. The number of rotatable bonds is 5. The molecule has 1 N–H and O–H groups in total. The van der Waals surface area contributed by atoms with Gasteiger partial charge in [-0.15, -0.1) is 0 Å². The number of ether oxygens (including phenoxy) is 1. The summed E-state index contributed by atoms with van der Waals surface area (Å²) in [6.07, 6.45) is 0. The normalized spacial score (nSPS) is 10.9. The molecule has 4 aromatic rings. The van der Waals surface area contributed by atoms with E-state index in [2.05, 4.69) is 65.6 Å². The lowest BCUT2D eigenvalue weighted by atomic mass is 10.2. The van der Waals surface area contributed by atoms with Gasteiger partial charge in [-0.1, -0.05) is 59.9 Å². The summed E-state index contributed by atoms with van der Waals surface area (Å²) in [7, 11) is 1.69. The molecule has 2 nitrogen and oxygen atoms in total. The van der Waals surface area contributed by atoms with Gasteiger partial charge in [-0.05, 0) is 42.5 Å². The zero-order chi connectivity index (χ0) is 17.1. The maximum absolute atomic E-state index is 5.25. The van der Waals surface area contributed by atoms with Crippen LogP contribution >= 0.6 is 23.5 Å². The molecule has 0 aliphatic carbocycles. The molecule has 0 aliphatic rings. The molecule has 0 spiro atoms. The molecular formula is C21H17NOS2. The minimum Gasteiger partial charge on any atom is -0.497 e. The SMILES string of the molecule is COc1ccc(Sc2[nH]c3ccccc3c2Sc2ccccc2)cc1. The van der Waals surface area contributed by atoms with E-state index in [0.717, 1.165) is 11.3 Å². The third-order valence-corrected chi connectivity index (χ3v) is 6.15. The molecular weight excluding hydrogens is 346 g/mol. The Bertz CT molecular complexity index is 978. The molecule has 25 heavy (non-hydrogen) atoms. The van der Waals surface area contributed by atoms with Crippen LogP contribution in [0.5, 0.6) is 5.75 Å². The predicted molar refractivity (Wildman–Crippen MR) is 106 cm³/mol. The monoisotopic (exact) mass is 363 g/mol. The largest absolute Gasteiger partial charge is 0.497 e. The van der Waals surface area contributed by atoms with Crippen LogP contribution < -0.4 is 4.74 Å². The smallest absolute Gasteiger partial charge is 0.118 e. The summed E-state index contributed by atoms with van der Waals surface area (Å²) in [4.78, 5) is 7.26. The van der Waals surface area contributed by atoms with Gasteiger partial charge in [0.05, 0.1) is 17.0 Å². The topological polar surface area (TPSA) is 25.0 Å². The molecule has 4 rings (SSSR count). The van der Waals surface area contributed by atoms with Crippen molar-refractivity contribution < 1.29 is 4.74 Å². The fraction of sp³-hybridized carbons (Fsp3) is 0.0476. The number of aromatic nitrogens is 1. The zero-order valence-electron chi connectivity index (χ0n) is 13.7. The third-order valence-electron chi connectivity index (χ3n) is 3.87.